The number of unbranched alkanes of at least 4 members (excludes halogenated alkanes) is 12. The molecule has 0 unspecified atom stereocenters. The Hall–Kier alpha value is -0.860. The highest BCUT2D eigenvalue weighted by molar-refractivity contribution is 5.78. The van der Waals surface area contributed by atoms with Crippen molar-refractivity contribution in [3.05, 3.63) is 0 Å². The van der Waals surface area contributed by atoms with Crippen LogP contribution in [0.5, 0.6) is 0 Å². The largest absolute Gasteiger partial charge is 0.481 e. The van der Waals surface area contributed by atoms with E-state index >= 15 is 0 Å². The molecule has 0 aliphatic heterocycles. The van der Waals surface area contributed by atoms with Gasteiger partial charge in [0, 0.05) is 19.3 Å². The van der Waals surface area contributed by atoms with Gasteiger partial charge in [0.15, 0.2) is 0 Å². The van der Waals surface area contributed by atoms with Gasteiger partial charge in [-0.2, -0.15) is 0 Å². The van der Waals surface area contributed by atoms with Crippen molar-refractivity contribution in [3.8, 4) is 0 Å². The van der Waals surface area contributed by atoms with Crippen LogP contribution in [0.2, 0.25) is 0 Å². The molecule has 23 heavy (non-hydrogen) atoms. The molecular formula is C20H38O3. The standard InChI is InChI=1S/C20H38O3/c1-2-3-4-5-6-7-8-9-10-11-12-13-16-19(21)17-14-15-18-20(22)23/h2-18H2,1H3,(H,22,23). The zero-order valence-corrected chi connectivity index (χ0v) is 15.3. The number of hydrogen-bond donors (Lipinski definition) is 1. The molecule has 1 N–H and O–H groups in total. The van der Waals surface area contributed by atoms with Crippen molar-refractivity contribution in [1.82, 2.24) is 0 Å². The number of carboxylic acids is 1. The van der Waals surface area contributed by atoms with Crippen LogP contribution in [0.4, 0.5) is 0 Å². The third-order valence-corrected chi connectivity index (χ3v) is 4.41. The van der Waals surface area contributed by atoms with Crippen LogP contribution in [0.3, 0.4) is 0 Å². The van der Waals surface area contributed by atoms with E-state index in [4.69, 9.17) is 5.11 Å². The van der Waals surface area contributed by atoms with E-state index in [-0.39, 0.29) is 6.42 Å². The summed E-state index contributed by atoms with van der Waals surface area (Å²) in [6, 6.07) is 0. The van der Waals surface area contributed by atoms with Crippen molar-refractivity contribution in [2.45, 2.75) is 116 Å². The van der Waals surface area contributed by atoms with E-state index in [1.165, 1.54) is 64.2 Å². The van der Waals surface area contributed by atoms with Gasteiger partial charge in [-0.05, 0) is 19.3 Å². The maximum absolute atomic E-state index is 11.6. The Bertz CT molecular complexity index is 287. The Morgan fingerprint density at radius 1 is 0.565 bits per heavy atom. The molecule has 0 radical (unpaired) electrons. The summed E-state index contributed by atoms with van der Waals surface area (Å²) in [7, 11) is 0. The van der Waals surface area contributed by atoms with Crippen molar-refractivity contribution >= 4 is 11.8 Å². The number of carbonyl (C=O) groups excluding carboxylic acids is 1. The van der Waals surface area contributed by atoms with Gasteiger partial charge in [0.05, 0.1) is 0 Å². The molecule has 0 saturated carbocycles. The molecule has 0 spiro atoms. The highest BCUT2D eigenvalue weighted by Gasteiger charge is 2.03. The number of hydrogen-bond acceptors (Lipinski definition) is 2. The Morgan fingerprint density at radius 3 is 1.35 bits per heavy atom. The Morgan fingerprint density at radius 2 is 0.913 bits per heavy atom. The smallest absolute Gasteiger partial charge is 0.303 e. The van der Waals surface area contributed by atoms with Gasteiger partial charge < -0.3 is 5.11 Å². The first-order chi connectivity index (χ1) is 11.2. The van der Waals surface area contributed by atoms with Gasteiger partial charge >= 0.3 is 5.97 Å². The first-order valence-electron chi connectivity index (χ1n) is 9.90. The molecule has 136 valence electrons. The third-order valence-electron chi connectivity index (χ3n) is 4.41. The lowest BCUT2D eigenvalue weighted by Gasteiger charge is -2.03. The van der Waals surface area contributed by atoms with Crippen LogP contribution in [-0.4, -0.2) is 16.9 Å². The molecule has 0 aromatic heterocycles. The molecule has 0 heterocycles. The van der Waals surface area contributed by atoms with Gasteiger partial charge in [-0.3, -0.25) is 9.59 Å². The van der Waals surface area contributed by atoms with Crippen molar-refractivity contribution in [3.63, 3.8) is 0 Å². The molecule has 0 aliphatic rings. The summed E-state index contributed by atoms with van der Waals surface area (Å²) in [5.41, 5.74) is 0. The Labute approximate surface area is 143 Å². The number of ketones is 1. The van der Waals surface area contributed by atoms with E-state index in [1.807, 2.05) is 0 Å². The van der Waals surface area contributed by atoms with Gasteiger partial charge in [0.2, 0.25) is 0 Å². The van der Waals surface area contributed by atoms with Crippen LogP contribution in [0.15, 0.2) is 0 Å². The minimum Gasteiger partial charge on any atom is -0.481 e. The average Bonchev–Trinajstić information content (AvgIpc) is 2.52. The van der Waals surface area contributed by atoms with Gasteiger partial charge in [-0.1, -0.05) is 77.6 Å². The Balaban J connectivity index is 3.14. The minimum atomic E-state index is -0.765. The number of Topliss-reactive ketones (excluding diaryl/α,β-unsaturated/α-hetero) is 1. The fourth-order valence-electron chi connectivity index (χ4n) is 2.89. The number of carboxylic acid groups (broad SMARTS) is 1. The quantitative estimate of drug-likeness (QED) is 0.301. The van der Waals surface area contributed by atoms with Crippen LogP contribution in [0.1, 0.15) is 116 Å². The predicted molar refractivity (Wildman–Crippen MR) is 96.8 cm³/mol. The molecule has 0 saturated heterocycles. The maximum atomic E-state index is 11.6. The van der Waals surface area contributed by atoms with Crippen molar-refractivity contribution < 1.29 is 14.7 Å². The van der Waals surface area contributed by atoms with Gasteiger partial charge in [0.25, 0.3) is 0 Å². The molecule has 0 amide bonds. The fraction of sp³-hybridized carbons (Fsp3) is 0.900. The molecule has 0 aromatic carbocycles. The molecule has 0 bridgehead atoms. The molecule has 3 heteroatoms. The number of rotatable bonds is 18. The van der Waals surface area contributed by atoms with E-state index in [9.17, 15) is 9.59 Å². The van der Waals surface area contributed by atoms with E-state index in [0.29, 0.717) is 25.0 Å². The summed E-state index contributed by atoms with van der Waals surface area (Å²) < 4.78 is 0. The molecule has 0 fully saturated rings. The normalized spacial score (nSPS) is 10.8. The lowest BCUT2D eigenvalue weighted by molar-refractivity contribution is -0.137. The van der Waals surface area contributed by atoms with E-state index in [2.05, 4.69) is 6.92 Å². The summed E-state index contributed by atoms with van der Waals surface area (Å²) in [5, 5.41) is 8.52. The summed E-state index contributed by atoms with van der Waals surface area (Å²) in [6.07, 6.45) is 18.5. The second-order valence-electron chi connectivity index (χ2n) is 6.78. The highest BCUT2D eigenvalue weighted by Crippen LogP contribution is 2.13. The average molecular weight is 327 g/mol. The summed E-state index contributed by atoms with van der Waals surface area (Å²) in [6.45, 7) is 2.26. The van der Waals surface area contributed by atoms with Crippen LogP contribution in [-0.2, 0) is 9.59 Å². The minimum absolute atomic E-state index is 0.186. The fourth-order valence-corrected chi connectivity index (χ4v) is 2.89. The van der Waals surface area contributed by atoms with Gasteiger partial charge in [-0.15, -0.1) is 0 Å². The molecular weight excluding hydrogens is 288 g/mol. The summed E-state index contributed by atoms with van der Waals surface area (Å²) in [5.74, 6) is -0.458. The second kappa shape index (κ2) is 17.5. The lowest BCUT2D eigenvalue weighted by atomic mass is 10.0. The van der Waals surface area contributed by atoms with Crippen LogP contribution in [0, 0.1) is 0 Å². The SMILES string of the molecule is CCCCCCCCCCCCCCC(=O)CCCCC(=O)O. The first kappa shape index (κ1) is 22.1. The predicted octanol–water partition coefficient (Wildman–Crippen LogP) is 6.29. The molecule has 0 aliphatic carbocycles. The highest BCUT2D eigenvalue weighted by atomic mass is 16.4. The van der Waals surface area contributed by atoms with Crippen molar-refractivity contribution in [1.29, 1.82) is 0 Å². The van der Waals surface area contributed by atoms with Gasteiger partial charge in [0.1, 0.15) is 5.78 Å². The number of carbonyl (C=O) groups is 2. The summed E-state index contributed by atoms with van der Waals surface area (Å²) >= 11 is 0. The molecule has 0 aromatic rings. The lowest BCUT2D eigenvalue weighted by Crippen LogP contribution is -1.99. The molecule has 0 rings (SSSR count). The van der Waals surface area contributed by atoms with E-state index < -0.39 is 5.97 Å². The summed E-state index contributed by atoms with van der Waals surface area (Å²) in [4.78, 5) is 22.0. The maximum Gasteiger partial charge on any atom is 0.303 e. The topological polar surface area (TPSA) is 54.4 Å². The van der Waals surface area contributed by atoms with Crippen LogP contribution in [0.25, 0.3) is 0 Å². The van der Waals surface area contributed by atoms with E-state index in [1.54, 1.807) is 0 Å². The number of aliphatic carboxylic acids is 1. The Kier molecular flexibility index (Phi) is 16.8. The van der Waals surface area contributed by atoms with Crippen molar-refractivity contribution in [2.24, 2.45) is 0 Å². The first-order valence-corrected chi connectivity index (χ1v) is 9.90. The van der Waals surface area contributed by atoms with Gasteiger partial charge in [-0.25, -0.2) is 0 Å². The van der Waals surface area contributed by atoms with Crippen LogP contribution < -0.4 is 0 Å². The second-order valence-corrected chi connectivity index (χ2v) is 6.78. The monoisotopic (exact) mass is 326 g/mol. The van der Waals surface area contributed by atoms with Crippen LogP contribution >= 0.6 is 0 Å². The molecule has 3 nitrogen and oxygen atoms in total. The third kappa shape index (κ3) is 19.1. The van der Waals surface area contributed by atoms with E-state index in [0.717, 1.165) is 19.3 Å². The van der Waals surface area contributed by atoms with Crippen molar-refractivity contribution in [2.75, 3.05) is 0 Å². The zero-order valence-electron chi connectivity index (χ0n) is 15.3. The molecule has 0 atom stereocenters. The zero-order chi connectivity index (χ0) is 17.2.